The summed E-state index contributed by atoms with van der Waals surface area (Å²) >= 11 is 1.12. The molecule has 1 aromatic carbocycles. The second-order valence-electron chi connectivity index (χ2n) is 6.51. The number of carboxylic acids is 1. The van der Waals surface area contributed by atoms with Crippen LogP contribution in [0.25, 0.3) is 10.9 Å². The highest BCUT2D eigenvalue weighted by molar-refractivity contribution is 7.99. The number of carboxylic acid groups (broad SMARTS) is 1. The zero-order valence-corrected chi connectivity index (χ0v) is 16.5. The number of para-hydroxylation sites is 1. The Morgan fingerprint density at radius 1 is 1.27 bits per heavy atom. The molecule has 0 radical (unpaired) electrons. The first-order valence-electron chi connectivity index (χ1n) is 9.08. The lowest BCUT2D eigenvalue weighted by molar-refractivity contribution is -0.141. The van der Waals surface area contributed by atoms with Gasteiger partial charge in [0, 0.05) is 23.5 Å². The summed E-state index contributed by atoms with van der Waals surface area (Å²) in [6, 6.07) is 10.1. The summed E-state index contributed by atoms with van der Waals surface area (Å²) in [7, 11) is 0. The van der Waals surface area contributed by atoms with Crippen molar-refractivity contribution in [3.63, 3.8) is 0 Å². The molecule has 1 atom stereocenters. The molecule has 30 heavy (non-hydrogen) atoms. The van der Waals surface area contributed by atoms with E-state index in [4.69, 9.17) is 4.42 Å². The number of fused-ring (bicyclic) bond motifs is 1. The fraction of sp³-hybridized carbons (Fsp3) is 0.211. The second kappa shape index (κ2) is 8.82. The number of thioether (sulfide) groups is 1. The van der Waals surface area contributed by atoms with Gasteiger partial charge in [0.1, 0.15) is 18.3 Å². The summed E-state index contributed by atoms with van der Waals surface area (Å²) < 4.78 is 6.79. The number of tetrazole rings is 1. The van der Waals surface area contributed by atoms with Crippen molar-refractivity contribution in [1.29, 1.82) is 0 Å². The Labute approximate surface area is 174 Å². The minimum atomic E-state index is -1.10. The molecule has 11 heteroatoms. The van der Waals surface area contributed by atoms with E-state index in [1.54, 1.807) is 24.6 Å². The smallest absolute Gasteiger partial charge is 0.326 e. The number of rotatable bonds is 9. The first-order chi connectivity index (χ1) is 14.6. The van der Waals surface area contributed by atoms with E-state index in [-0.39, 0.29) is 12.2 Å². The Kier molecular flexibility index (Phi) is 5.80. The van der Waals surface area contributed by atoms with E-state index in [2.05, 4.69) is 25.8 Å². The molecule has 0 saturated heterocycles. The van der Waals surface area contributed by atoms with Gasteiger partial charge in [-0.25, -0.2) is 9.48 Å². The Balaban J connectivity index is 1.36. The molecule has 1 unspecified atom stereocenters. The number of aromatic amines is 1. The minimum absolute atomic E-state index is 0.0177. The number of furan rings is 1. The average molecular weight is 426 g/mol. The van der Waals surface area contributed by atoms with Crippen molar-refractivity contribution in [3.05, 3.63) is 60.2 Å². The number of nitrogens with one attached hydrogen (secondary N) is 2. The number of amides is 1. The molecule has 4 rings (SSSR count). The Morgan fingerprint density at radius 3 is 2.93 bits per heavy atom. The highest BCUT2D eigenvalue weighted by atomic mass is 32.2. The summed E-state index contributed by atoms with van der Waals surface area (Å²) in [5.74, 6) is -0.852. The summed E-state index contributed by atoms with van der Waals surface area (Å²) in [6.07, 6.45) is 3.50. The third-order valence-electron chi connectivity index (χ3n) is 4.45. The standard InChI is InChI=1S/C19H18N6O4S/c26-17(11-30-19-22-23-24-25(19)10-13-4-3-7-29-13)21-16(18(27)28)8-12-9-20-15-6-2-1-5-14(12)15/h1-7,9,16,20H,8,10-11H2,(H,21,26)(H,27,28). The van der Waals surface area contributed by atoms with Gasteiger partial charge in [-0.1, -0.05) is 30.0 Å². The lowest BCUT2D eigenvalue weighted by atomic mass is 10.1. The van der Waals surface area contributed by atoms with Gasteiger partial charge in [0.05, 0.1) is 12.0 Å². The molecule has 0 aliphatic carbocycles. The van der Waals surface area contributed by atoms with Crippen molar-refractivity contribution in [2.24, 2.45) is 0 Å². The van der Waals surface area contributed by atoms with Gasteiger partial charge in [0.15, 0.2) is 0 Å². The molecule has 0 saturated carbocycles. The fourth-order valence-electron chi connectivity index (χ4n) is 3.04. The Morgan fingerprint density at radius 2 is 2.13 bits per heavy atom. The van der Waals surface area contributed by atoms with Crippen LogP contribution in [0.4, 0.5) is 0 Å². The number of benzene rings is 1. The van der Waals surface area contributed by atoms with Crippen LogP contribution < -0.4 is 5.32 Å². The van der Waals surface area contributed by atoms with E-state index in [1.165, 1.54) is 4.68 Å². The maximum atomic E-state index is 12.4. The topological polar surface area (TPSA) is 139 Å². The van der Waals surface area contributed by atoms with E-state index in [1.807, 2.05) is 24.3 Å². The van der Waals surface area contributed by atoms with E-state index >= 15 is 0 Å². The third kappa shape index (κ3) is 4.51. The molecule has 3 heterocycles. The largest absolute Gasteiger partial charge is 0.480 e. The number of nitrogens with zero attached hydrogens (tertiary/aromatic N) is 4. The molecule has 1 amide bonds. The highest BCUT2D eigenvalue weighted by Gasteiger charge is 2.22. The van der Waals surface area contributed by atoms with Crippen LogP contribution in [-0.2, 0) is 22.6 Å². The molecule has 154 valence electrons. The number of carbonyl (C=O) groups excluding carboxylic acids is 1. The number of H-pyrrole nitrogens is 1. The molecule has 0 bridgehead atoms. The summed E-state index contributed by atoms with van der Waals surface area (Å²) in [5, 5.41) is 24.9. The molecule has 4 aromatic rings. The molecule has 10 nitrogen and oxygen atoms in total. The summed E-state index contributed by atoms with van der Waals surface area (Å²) in [6.45, 7) is 0.336. The van der Waals surface area contributed by atoms with Crippen LogP contribution in [0.3, 0.4) is 0 Å². The Hall–Kier alpha value is -3.60. The average Bonchev–Trinajstić information content (AvgIpc) is 3.48. The van der Waals surface area contributed by atoms with Crippen molar-refractivity contribution in [2.75, 3.05) is 5.75 Å². The van der Waals surface area contributed by atoms with Gasteiger partial charge >= 0.3 is 5.97 Å². The fourth-order valence-corrected chi connectivity index (χ4v) is 3.72. The maximum Gasteiger partial charge on any atom is 0.326 e. The first kappa shape index (κ1) is 19.7. The first-order valence-corrected chi connectivity index (χ1v) is 10.1. The predicted molar refractivity (Wildman–Crippen MR) is 108 cm³/mol. The number of aliphatic carboxylic acids is 1. The predicted octanol–water partition coefficient (Wildman–Crippen LogP) is 1.70. The zero-order chi connectivity index (χ0) is 20.9. The lowest BCUT2D eigenvalue weighted by Gasteiger charge is -2.14. The number of hydrogen-bond acceptors (Lipinski definition) is 7. The van der Waals surface area contributed by atoms with Gasteiger partial charge in [-0.2, -0.15) is 0 Å². The van der Waals surface area contributed by atoms with Crippen LogP contribution in [0.1, 0.15) is 11.3 Å². The highest BCUT2D eigenvalue weighted by Crippen LogP contribution is 2.19. The van der Waals surface area contributed by atoms with E-state index in [0.29, 0.717) is 17.5 Å². The molecule has 3 aromatic heterocycles. The molecular formula is C19H18N6O4S. The van der Waals surface area contributed by atoms with Gasteiger partial charge < -0.3 is 19.8 Å². The third-order valence-corrected chi connectivity index (χ3v) is 5.41. The molecule has 0 aliphatic heterocycles. The SMILES string of the molecule is O=C(CSc1nnnn1Cc1ccco1)NC(Cc1c[nH]c2ccccc12)C(=O)O. The van der Waals surface area contributed by atoms with Crippen LogP contribution in [-0.4, -0.2) is 54.0 Å². The van der Waals surface area contributed by atoms with Gasteiger partial charge in [-0.05, 0) is 34.2 Å². The molecule has 0 fully saturated rings. The number of aromatic nitrogens is 5. The van der Waals surface area contributed by atoms with Gasteiger partial charge in [0.2, 0.25) is 11.1 Å². The van der Waals surface area contributed by atoms with E-state index in [0.717, 1.165) is 28.2 Å². The van der Waals surface area contributed by atoms with Crippen molar-refractivity contribution in [1.82, 2.24) is 30.5 Å². The second-order valence-corrected chi connectivity index (χ2v) is 7.45. The van der Waals surface area contributed by atoms with Gasteiger partial charge in [-0.15, -0.1) is 5.10 Å². The number of carbonyl (C=O) groups is 2. The molecular weight excluding hydrogens is 408 g/mol. The number of hydrogen-bond donors (Lipinski definition) is 3. The van der Waals surface area contributed by atoms with Gasteiger partial charge in [0.25, 0.3) is 0 Å². The van der Waals surface area contributed by atoms with Crippen LogP contribution >= 0.6 is 11.8 Å². The van der Waals surface area contributed by atoms with Crippen molar-refractivity contribution < 1.29 is 19.1 Å². The van der Waals surface area contributed by atoms with Crippen LogP contribution in [0.5, 0.6) is 0 Å². The lowest BCUT2D eigenvalue weighted by Crippen LogP contribution is -2.43. The quantitative estimate of drug-likeness (QED) is 0.344. The maximum absolute atomic E-state index is 12.4. The molecule has 3 N–H and O–H groups in total. The van der Waals surface area contributed by atoms with Crippen LogP contribution in [0.15, 0.2) is 58.4 Å². The zero-order valence-electron chi connectivity index (χ0n) is 15.7. The van der Waals surface area contributed by atoms with Crippen molar-refractivity contribution in [3.8, 4) is 0 Å². The Bertz CT molecular complexity index is 1150. The van der Waals surface area contributed by atoms with Crippen molar-refractivity contribution in [2.45, 2.75) is 24.2 Å². The summed E-state index contributed by atoms with van der Waals surface area (Å²) in [4.78, 5) is 27.2. The van der Waals surface area contributed by atoms with Gasteiger partial charge in [-0.3, -0.25) is 4.79 Å². The van der Waals surface area contributed by atoms with E-state index < -0.39 is 17.9 Å². The monoisotopic (exact) mass is 426 g/mol. The summed E-state index contributed by atoms with van der Waals surface area (Å²) in [5.41, 5.74) is 1.75. The van der Waals surface area contributed by atoms with E-state index in [9.17, 15) is 14.7 Å². The van der Waals surface area contributed by atoms with Crippen molar-refractivity contribution >= 4 is 34.5 Å². The minimum Gasteiger partial charge on any atom is -0.480 e. The molecule has 0 aliphatic rings. The van der Waals surface area contributed by atoms with Crippen LogP contribution in [0, 0.1) is 0 Å². The molecule has 0 spiro atoms. The normalized spacial score (nSPS) is 12.1. The van der Waals surface area contributed by atoms with Crippen LogP contribution in [0.2, 0.25) is 0 Å².